The zero-order valence-corrected chi connectivity index (χ0v) is 29.2. The zero-order valence-electron chi connectivity index (χ0n) is 28.4. The number of aryl methyl sites for hydroxylation is 1. The molecule has 0 bridgehead atoms. The van der Waals surface area contributed by atoms with Gasteiger partial charge in [-0.15, -0.1) is 5.06 Å². The monoisotopic (exact) mass is 673 g/mol. The third-order valence-electron chi connectivity index (χ3n) is 9.66. The molecule has 3 aliphatic rings. The van der Waals surface area contributed by atoms with Gasteiger partial charge in [0.2, 0.25) is 5.69 Å². The number of hydrogen-bond acceptors (Lipinski definition) is 8. The molecule has 2 aromatic rings. The first-order valence-corrected chi connectivity index (χ1v) is 17.8. The van der Waals surface area contributed by atoms with E-state index in [0.717, 1.165) is 17.9 Å². The number of carbonyl (C=O) groups is 3. The number of fused-ring (bicyclic) bond motifs is 2. The average molecular weight is 674 g/mol. The molecule has 3 aliphatic heterocycles. The lowest BCUT2D eigenvalue weighted by atomic mass is 9.77. The lowest BCUT2D eigenvalue weighted by molar-refractivity contribution is -0.433. The fraction of sp³-hybridized carbons (Fsp3) is 0.405. The summed E-state index contributed by atoms with van der Waals surface area (Å²) in [4.78, 5) is 43.2. The highest BCUT2D eigenvalue weighted by molar-refractivity contribution is 7.85. The Kier molecular flexibility index (Phi) is 9.67. The van der Waals surface area contributed by atoms with Gasteiger partial charge in [-0.2, -0.15) is 4.58 Å². The zero-order chi connectivity index (χ0) is 35.0. The molecule has 0 radical (unpaired) electrons. The maximum Gasteiger partial charge on any atom is 0.333 e. The molecule has 0 N–H and O–H groups in total. The van der Waals surface area contributed by atoms with E-state index in [1.54, 1.807) is 6.07 Å². The first kappa shape index (κ1) is 35.0. The molecule has 254 valence electrons. The van der Waals surface area contributed by atoms with E-state index < -0.39 is 33.3 Å². The summed E-state index contributed by atoms with van der Waals surface area (Å²) in [6.45, 7) is 14.1. The molecule has 0 saturated carbocycles. The molecule has 1 saturated heterocycles. The molecular formula is C37H43N3O7S. The van der Waals surface area contributed by atoms with Gasteiger partial charge >= 0.3 is 5.97 Å². The maximum absolute atomic E-state index is 12.6. The summed E-state index contributed by atoms with van der Waals surface area (Å²) in [6.07, 6.45) is 10.7. The number of hydroxylamine groups is 2. The SMILES string of the molecule is CCN1/C(=C/C=C/C=C/C2=[N+](CC)c3ccc(C)cc3C2(C)C)C(C)(CCCC(=O)ON2C(=O)CCC2=O)c2cc(S(=O)(=O)[O-])ccc21. The lowest BCUT2D eigenvalue weighted by Crippen LogP contribution is -2.32. The third kappa shape index (κ3) is 6.41. The van der Waals surface area contributed by atoms with Gasteiger partial charge in [0.05, 0.1) is 10.3 Å². The van der Waals surface area contributed by atoms with Gasteiger partial charge in [-0.1, -0.05) is 29.9 Å². The van der Waals surface area contributed by atoms with Crippen molar-refractivity contribution in [1.29, 1.82) is 0 Å². The molecule has 0 aliphatic carbocycles. The Morgan fingerprint density at radius 1 is 1.00 bits per heavy atom. The maximum atomic E-state index is 12.6. The van der Waals surface area contributed by atoms with E-state index in [2.05, 4.69) is 61.4 Å². The van der Waals surface area contributed by atoms with Crippen LogP contribution in [-0.4, -0.2) is 59.2 Å². The van der Waals surface area contributed by atoms with Gasteiger partial charge in [0, 0.05) is 60.3 Å². The highest BCUT2D eigenvalue weighted by Crippen LogP contribution is 2.51. The molecule has 0 spiro atoms. The molecule has 0 aromatic heterocycles. The fourth-order valence-corrected chi connectivity index (χ4v) is 7.67. The summed E-state index contributed by atoms with van der Waals surface area (Å²) in [5, 5.41) is 0.535. The summed E-state index contributed by atoms with van der Waals surface area (Å²) in [7, 11) is -4.71. The Morgan fingerprint density at radius 3 is 2.35 bits per heavy atom. The molecule has 3 heterocycles. The number of likely N-dealkylation sites (N-methyl/N-ethyl adjacent to an activating group) is 1. The first-order valence-electron chi connectivity index (χ1n) is 16.4. The number of carbonyl (C=O) groups excluding carboxylic acids is 3. The topological polar surface area (TPSA) is 127 Å². The van der Waals surface area contributed by atoms with Gasteiger partial charge < -0.3 is 14.3 Å². The van der Waals surface area contributed by atoms with Crippen molar-refractivity contribution in [3.8, 4) is 0 Å². The predicted octanol–water partition coefficient (Wildman–Crippen LogP) is 5.87. The Labute approximate surface area is 282 Å². The van der Waals surface area contributed by atoms with Crippen molar-refractivity contribution in [2.24, 2.45) is 0 Å². The van der Waals surface area contributed by atoms with Crippen LogP contribution in [0.25, 0.3) is 0 Å². The van der Waals surface area contributed by atoms with Crippen LogP contribution < -0.4 is 4.90 Å². The summed E-state index contributed by atoms with van der Waals surface area (Å²) >= 11 is 0. The Bertz CT molecular complexity index is 1890. The quantitative estimate of drug-likeness (QED) is 0.126. The second-order valence-electron chi connectivity index (χ2n) is 13.2. The lowest BCUT2D eigenvalue weighted by Gasteiger charge is -2.30. The number of allylic oxidation sites excluding steroid dienone is 6. The van der Waals surface area contributed by atoms with E-state index >= 15 is 0 Å². The van der Waals surface area contributed by atoms with Crippen LogP contribution in [0.2, 0.25) is 0 Å². The summed E-state index contributed by atoms with van der Waals surface area (Å²) in [6, 6.07) is 11.0. The van der Waals surface area contributed by atoms with Crippen molar-refractivity contribution in [3.63, 3.8) is 0 Å². The highest BCUT2D eigenvalue weighted by atomic mass is 32.2. The number of imide groups is 1. The Morgan fingerprint density at radius 2 is 1.71 bits per heavy atom. The third-order valence-corrected chi connectivity index (χ3v) is 10.5. The minimum Gasteiger partial charge on any atom is -0.744 e. The predicted molar refractivity (Wildman–Crippen MR) is 182 cm³/mol. The molecule has 11 heteroatoms. The number of amides is 2. The molecule has 5 rings (SSSR count). The number of rotatable bonds is 11. The fourth-order valence-electron chi connectivity index (χ4n) is 7.17. The van der Waals surface area contributed by atoms with Crippen LogP contribution >= 0.6 is 0 Å². The van der Waals surface area contributed by atoms with Crippen LogP contribution in [0.1, 0.15) is 83.4 Å². The van der Waals surface area contributed by atoms with Gasteiger partial charge in [-0.3, -0.25) is 9.59 Å². The van der Waals surface area contributed by atoms with Gasteiger partial charge in [-0.25, -0.2) is 13.2 Å². The standard InChI is InChI=1S/C37H43N3O7S/c1-7-38-29-18-16-25(3)23-27(29)36(4,5)31(38)13-10-9-11-14-32-37(6,22-12-15-35(43)47-40-33(41)20-21-34(40)42)28-24-26(48(44,45)46)17-19-30(28)39(32)8-2/h9-11,13-14,16-19,23-24H,7-8,12,15,20-22H2,1-6H3. The van der Waals surface area contributed by atoms with Crippen LogP contribution in [0.3, 0.4) is 0 Å². The molecule has 2 aromatic carbocycles. The second-order valence-corrected chi connectivity index (χ2v) is 14.6. The molecule has 1 unspecified atom stereocenters. The number of anilines is 1. The van der Waals surface area contributed by atoms with E-state index in [0.29, 0.717) is 30.0 Å². The van der Waals surface area contributed by atoms with Crippen molar-refractivity contribution >= 4 is 45.0 Å². The van der Waals surface area contributed by atoms with E-state index in [4.69, 9.17) is 4.84 Å². The van der Waals surface area contributed by atoms with Crippen LogP contribution in [0.4, 0.5) is 11.4 Å². The normalized spacial score (nSPS) is 21.4. The largest absolute Gasteiger partial charge is 0.744 e. The van der Waals surface area contributed by atoms with Gasteiger partial charge in [-0.05, 0) is 90.3 Å². The number of hydrogen-bond donors (Lipinski definition) is 0. The molecule has 10 nitrogen and oxygen atoms in total. The Balaban J connectivity index is 1.42. The van der Waals surface area contributed by atoms with Crippen LogP contribution in [0, 0.1) is 6.92 Å². The van der Waals surface area contributed by atoms with Crippen LogP contribution in [-0.2, 0) is 40.2 Å². The highest BCUT2D eigenvalue weighted by Gasteiger charge is 2.44. The Hall–Kier alpha value is -4.35. The minimum atomic E-state index is -4.71. The van der Waals surface area contributed by atoms with Crippen molar-refractivity contribution in [3.05, 3.63) is 89.2 Å². The molecule has 48 heavy (non-hydrogen) atoms. The minimum absolute atomic E-state index is 0.0109. The van der Waals surface area contributed by atoms with E-state index in [1.807, 2.05) is 38.2 Å². The van der Waals surface area contributed by atoms with Gasteiger partial charge in [0.15, 0.2) is 5.71 Å². The summed E-state index contributed by atoms with van der Waals surface area (Å²) in [5.74, 6) is -1.79. The van der Waals surface area contributed by atoms with Crippen molar-refractivity contribution in [1.82, 2.24) is 5.06 Å². The van der Waals surface area contributed by atoms with E-state index in [9.17, 15) is 27.4 Å². The number of benzene rings is 2. The summed E-state index contributed by atoms with van der Waals surface area (Å²) < 4.78 is 38.3. The number of nitrogens with zero attached hydrogens (tertiary/aromatic N) is 3. The first-order chi connectivity index (χ1) is 22.6. The van der Waals surface area contributed by atoms with Gasteiger partial charge in [0.25, 0.3) is 11.8 Å². The van der Waals surface area contributed by atoms with Crippen molar-refractivity contribution in [2.45, 2.75) is 89.4 Å². The average Bonchev–Trinajstić information content (AvgIpc) is 3.55. The van der Waals surface area contributed by atoms with E-state index in [-0.39, 0.29) is 29.6 Å². The molecule has 1 atom stereocenters. The second kappa shape index (κ2) is 13.3. The van der Waals surface area contributed by atoms with Crippen molar-refractivity contribution < 1.29 is 36.8 Å². The summed E-state index contributed by atoms with van der Waals surface area (Å²) in [5.41, 5.74) is 6.36. The van der Waals surface area contributed by atoms with Gasteiger partial charge in [0.1, 0.15) is 16.7 Å². The smallest absolute Gasteiger partial charge is 0.333 e. The molecule has 2 amide bonds. The van der Waals surface area contributed by atoms with E-state index in [1.165, 1.54) is 34.7 Å². The van der Waals surface area contributed by atoms with Crippen LogP contribution in [0.5, 0.6) is 0 Å². The molecule has 1 fully saturated rings. The van der Waals surface area contributed by atoms with Crippen molar-refractivity contribution in [2.75, 3.05) is 18.0 Å². The molecular weight excluding hydrogens is 630 g/mol. The van der Waals surface area contributed by atoms with Crippen LogP contribution in [0.15, 0.2) is 77.4 Å².